The van der Waals surface area contributed by atoms with E-state index >= 15 is 0 Å². The van der Waals surface area contributed by atoms with Gasteiger partial charge in [0.15, 0.2) is 0 Å². The number of rotatable bonds is 4. The second kappa shape index (κ2) is 6.89. The topological polar surface area (TPSA) is 42.7 Å². The standard InChI is InChI=1S/C14H18Br2N4S/c1-9(17-8-10-7-11(15)13(16)21-10)14-19-18-12-5-3-2-4-6-20(12)14/h7,9,17H,2-6,8H2,1H3. The maximum absolute atomic E-state index is 4.41. The Morgan fingerprint density at radius 2 is 2.19 bits per heavy atom. The molecule has 21 heavy (non-hydrogen) atoms. The summed E-state index contributed by atoms with van der Waals surface area (Å²) < 4.78 is 4.57. The van der Waals surface area contributed by atoms with E-state index in [2.05, 4.69) is 64.9 Å². The van der Waals surface area contributed by atoms with Crippen LogP contribution in [0.3, 0.4) is 0 Å². The van der Waals surface area contributed by atoms with Crippen LogP contribution < -0.4 is 5.32 Å². The van der Waals surface area contributed by atoms with E-state index in [0.717, 1.165) is 39.4 Å². The molecule has 0 aromatic carbocycles. The lowest BCUT2D eigenvalue weighted by Crippen LogP contribution is -2.22. The van der Waals surface area contributed by atoms with Crippen LogP contribution in [0.4, 0.5) is 0 Å². The van der Waals surface area contributed by atoms with Crippen molar-refractivity contribution in [2.24, 2.45) is 0 Å². The van der Waals surface area contributed by atoms with Crippen LogP contribution in [-0.2, 0) is 19.5 Å². The van der Waals surface area contributed by atoms with Crippen LogP contribution in [0.25, 0.3) is 0 Å². The summed E-state index contributed by atoms with van der Waals surface area (Å²) in [6.07, 6.45) is 4.82. The highest BCUT2D eigenvalue weighted by Gasteiger charge is 2.19. The summed E-state index contributed by atoms with van der Waals surface area (Å²) in [5.41, 5.74) is 0. The van der Waals surface area contributed by atoms with Crippen LogP contribution in [0.5, 0.6) is 0 Å². The molecule has 1 atom stereocenters. The molecule has 0 spiro atoms. The van der Waals surface area contributed by atoms with E-state index in [1.54, 1.807) is 11.3 Å². The van der Waals surface area contributed by atoms with E-state index in [4.69, 9.17) is 0 Å². The zero-order valence-electron chi connectivity index (χ0n) is 11.9. The van der Waals surface area contributed by atoms with Gasteiger partial charge >= 0.3 is 0 Å². The molecule has 3 heterocycles. The highest BCUT2D eigenvalue weighted by atomic mass is 79.9. The third-order valence-electron chi connectivity index (χ3n) is 3.80. The maximum Gasteiger partial charge on any atom is 0.149 e. The van der Waals surface area contributed by atoms with Gasteiger partial charge in [0, 0.05) is 28.9 Å². The largest absolute Gasteiger partial charge is 0.314 e. The molecule has 1 aliphatic rings. The summed E-state index contributed by atoms with van der Waals surface area (Å²) in [7, 11) is 0. The van der Waals surface area contributed by atoms with Gasteiger partial charge in [-0.3, -0.25) is 0 Å². The van der Waals surface area contributed by atoms with E-state index in [0.29, 0.717) is 0 Å². The zero-order valence-corrected chi connectivity index (χ0v) is 15.9. The van der Waals surface area contributed by atoms with Gasteiger partial charge in [-0.05, 0) is 57.7 Å². The number of aromatic nitrogens is 3. The molecule has 1 N–H and O–H groups in total. The van der Waals surface area contributed by atoms with Crippen molar-refractivity contribution in [3.8, 4) is 0 Å². The molecule has 2 aromatic heterocycles. The number of fused-ring (bicyclic) bond motifs is 1. The molecule has 0 saturated heterocycles. The van der Waals surface area contributed by atoms with Gasteiger partial charge in [0.25, 0.3) is 0 Å². The normalized spacial score (nSPS) is 16.5. The number of thiophene rings is 1. The summed E-state index contributed by atoms with van der Waals surface area (Å²) in [6.45, 7) is 4.07. The Bertz CT molecular complexity index is 603. The first-order valence-electron chi connectivity index (χ1n) is 7.24. The van der Waals surface area contributed by atoms with Crippen molar-refractivity contribution in [3.05, 3.63) is 30.9 Å². The monoisotopic (exact) mass is 432 g/mol. The second-order valence-electron chi connectivity index (χ2n) is 5.37. The number of hydrogen-bond donors (Lipinski definition) is 1. The molecule has 0 amide bonds. The van der Waals surface area contributed by atoms with Gasteiger partial charge < -0.3 is 9.88 Å². The number of hydrogen-bond acceptors (Lipinski definition) is 4. The Balaban J connectivity index is 1.68. The predicted octanol–water partition coefficient (Wildman–Crippen LogP) is 4.44. The van der Waals surface area contributed by atoms with E-state index in [-0.39, 0.29) is 6.04 Å². The Kier molecular flexibility index (Phi) is 5.14. The van der Waals surface area contributed by atoms with Gasteiger partial charge in [0.1, 0.15) is 11.6 Å². The molecule has 1 aliphatic heterocycles. The van der Waals surface area contributed by atoms with Crippen LogP contribution in [0.15, 0.2) is 14.3 Å². The lowest BCUT2D eigenvalue weighted by Gasteiger charge is -2.14. The van der Waals surface area contributed by atoms with E-state index in [9.17, 15) is 0 Å². The first-order chi connectivity index (χ1) is 10.1. The van der Waals surface area contributed by atoms with Crippen LogP contribution in [0, 0.1) is 0 Å². The average molecular weight is 434 g/mol. The number of aryl methyl sites for hydroxylation is 1. The molecule has 0 saturated carbocycles. The lowest BCUT2D eigenvalue weighted by molar-refractivity contribution is 0.504. The molecule has 0 bridgehead atoms. The molecular formula is C14H18Br2N4S. The molecule has 0 fully saturated rings. The van der Waals surface area contributed by atoms with Crippen molar-refractivity contribution in [3.63, 3.8) is 0 Å². The van der Waals surface area contributed by atoms with Crippen molar-refractivity contribution in [1.82, 2.24) is 20.1 Å². The first kappa shape index (κ1) is 15.6. The fourth-order valence-electron chi connectivity index (χ4n) is 2.65. The number of nitrogens with one attached hydrogen (secondary N) is 1. The minimum Gasteiger partial charge on any atom is -0.314 e. The molecule has 3 rings (SSSR count). The molecule has 7 heteroatoms. The fraction of sp³-hybridized carbons (Fsp3) is 0.571. The fourth-order valence-corrected chi connectivity index (χ4v) is 4.78. The minimum atomic E-state index is 0.212. The Hall–Kier alpha value is -0.240. The number of nitrogens with zero attached hydrogens (tertiary/aromatic N) is 3. The molecule has 0 radical (unpaired) electrons. The summed E-state index contributed by atoms with van der Waals surface area (Å²) >= 11 is 8.82. The SMILES string of the molecule is CC(NCc1cc(Br)c(Br)s1)c1nnc2n1CCCCC2. The van der Waals surface area contributed by atoms with Crippen LogP contribution in [0.1, 0.15) is 48.8 Å². The lowest BCUT2D eigenvalue weighted by atomic mass is 10.2. The average Bonchev–Trinajstić information content (AvgIpc) is 2.92. The molecule has 114 valence electrons. The predicted molar refractivity (Wildman–Crippen MR) is 92.6 cm³/mol. The first-order valence-corrected chi connectivity index (χ1v) is 9.64. The van der Waals surface area contributed by atoms with Crippen molar-refractivity contribution >= 4 is 43.2 Å². The van der Waals surface area contributed by atoms with Gasteiger partial charge in [-0.2, -0.15) is 0 Å². The maximum atomic E-state index is 4.41. The van der Waals surface area contributed by atoms with Gasteiger partial charge in [0.05, 0.1) is 9.83 Å². The molecule has 4 nitrogen and oxygen atoms in total. The van der Waals surface area contributed by atoms with Crippen molar-refractivity contribution < 1.29 is 0 Å². The molecular weight excluding hydrogens is 416 g/mol. The smallest absolute Gasteiger partial charge is 0.149 e. The summed E-state index contributed by atoms with van der Waals surface area (Å²) in [5, 5.41) is 12.3. The highest BCUT2D eigenvalue weighted by Crippen LogP contribution is 2.32. The van der Waals surface area contributed by atoms with Crippen molar-refractivity contribution in [2.75, 3.05) is 0 Å². The Morgan fingerprint density at radius 3 is 2.95 bits per heavy atom. The van der Waals surface area contributed by atoms with E-state index in [1.807, 2.05) is 0 Å². The second-order valence-corrected chi connectivity index (χ2v) is 8.68. The highest BCUT2D eigenvalue weighted by molar-refractivity contribution is 9.13. The van der Waals surface area contributed by atoms with Gasteiger partial charge in [-0.1, -0.05) is 6.42 Å². The van der Waals surface area contributed by atoms with Crippen LogP contribution >= 0.6 is 43.2 Å². The zero-order chi connectivity index (χ0) is 14.8. The summed E-state index contributed by atoms with van der Waals surface area (Å²) in [4.78, 5) is 1.30. The molecule has 2 aromatic rings. The molecule has 0 aliphatic carbocycles. The Labute approximate surface area is 145 Å². The molecule has 1 unspecified atom stereocenters. The number of halogens is 2. The third-order valence-corrected chi connectivity index (χ3v) is 7.06. The Morgan fingerprint density at radius 1 is 1.33 bits per heavy atom. The third kappa shape index (κ3) is 3.57. The minimum absolute atomic E-state index is 0.212. The van der Waals surface area contributed by atoms with Crippen LogP contribution in [0.2, 0.25) is 0 Å². The van der Waals surface area contributed by atoms with Crippen molar-refractivity contribution in [2.45, 2.75) is 51.7 Å². The quantitative estimate of drug-likeness (QED) is 0.774. The van der Waals surface area contributed by atoms with E-state index in [1.165, 1.54) is 24.1 Å². The van der Waals surface area contributed by atoms with Gasteiger partial charge in [-0.25, -0.2) is 0 Å². The van der Waals surface area contributed by atoms with Crippen molar-refractivity contribution in [1.29, 1.82) is 0 Å². The van der Waals surface area contributed by atoms with E-state index < -0.39 is 0 Å². The van der Waals surface area contributed by atoms with Crippen LogP contribution in [-0.4, -0.2) is 14.8 Å². The van der Waals surface area contributed by atoms with Gasteiger partial charge in [-0.15, -0.1) is 21.5 Å². The summed E-state index contributed by atoms with van der Waals surface area (Å²) in [5.74, 6) is 2.22. The van der Waals surface area contributed by atoms with Gasteiger partial charge in [0.2, 0.25) is 0 Å². The summed E-state index contributed by atoms with van der Waals surface area (Å²) in [6, 6.07) is 2.36.